The summed E-state index contributed by atoms with van der Waals surface area (Å²) in [6, 6.07) is 15.3. The lowest BCUT2D eigenvalue weighted by Gasteiger charge is -2.23. The van der Waals surface area contributed by atoms with Gasteiger partial charge >= 0.3 is 0 Å². The summed E-state index contributed by atoms with van der Waals surface area (Å²) in [5.41, 5.74) is 6.02. The molecule has 0 unspecified atom stereocenters. The zero-order chi connectivity index (χ0) is 19.0. The second-order valence-electron chi connectivity index (χ2n) is 6.20. The zero-order valence-electron chi connectivity index (χ0n) is 15.4. The van der Waals surface area contributed by atoms with E-state index in [1.165, 1.54) is 0 Å². The number of terminal acetylenes is 1. The topological polar surface area (TPSA) is 103 Å². The molecule has 2 aromatic carbocycles. The Bertz CT molecular complexity index is 1240. The van der Waals surface area contributed by atoms with Gasteiger partial charge in [-0.15, -0.1) is 6.42 Å². The van der Waals surface area contributed by atoms with Crippen molar-refractivity contribution in [2.24, 2.45) is 7.05 Å². The zero-order valence-corrected chi connectivity index (χ0v) is 15.4. The molecule has 0 aliphatic carbocycles. The predicted octanol–water partition coefficient (Wildman–Crippen LogP) is 4.36. The molecule has 7 heteroatoms. The highest BCUT2D eigenvalue weighted by Gasteiger charge is 2.15. The van der Waals surface area contributed by atoms with Crippen LogP contribution in [0.3, 0.4) is 0 Å². The van der Waals surface area contributed by atoms with Gasteiger partial charge in [0.1, 0.15) is 5.52 Å². The predicted molar refractivity (Wildman–Crippen MR) is 124 cm³/mol. The fourth-order valence-corrected chi connectivity index (χ4v) is 3.00. The Labute approximate surface area is 178 Å². The third-order valence-corrected chi connectivity index (χ3v) is 4.48. The lowest BCUT2D eigenvalue weighted by atomic mass is 10.1. The van der Waals surface area contributed by atoms with Crippen LogP contribution in [0.15, 0.2) is 48.7 Å². The highest BCUT2D eigenvalue weighted by atomic mass is 16.0. The number of hydrogen-bond acceptors (Lipinski definition) is 4. The number of aromatic nitrogens is 4. The Morgan fingerprint density at radius 3 is 2.37 bits per heavy atom. The van der Waals surface area contributed by atoms with Crippen LogP contribution in [0.4, 0.5) is 11.6 Å². The first-order valence-corrected chi connectivity index (χ1v) is 8.36. The standard InChI is InChI=1S/C21H16N6.2CH4.H2O.H2/c1-4-15-5-8-17(9-6-15)27-20-19(26(27)3)13-23-21(25-20)24-18-10-7-16(12-22)11-14(18)2;;;;/h1,5-11,13H,2-3H3,(H,23,24,25);2*1H4;1H2;1H. The largest absolute Gasteiger partial charge is 0.412 e. The molecule has 0 aliphatic rings. The molecule has 2 heterocycles. The molecule has 4 rings (SSSR count). The molecule has 7 nitrogen and oxygen atoms in total. The van der Waals surface area contributed by atoms with Crippen LogP contribution in [0.25, 0.3) is 16.9 Å². The average Bonchev–Trinajstić information content (AvgIpc) is 2.69. The van der Waals surface area contributed by atoms with Crippen molar-refractivity contribution in [1.29, 1.82) is 5.26 Å². The van der Waals surface area contributed by atoms with E-state index in [4.69, 9.17) is 11.7 Å². The molecule has 0 radical (unpaired) electrons. The molecule has 2 aromatic heterocycles. The fraction of sp³-hybridized carbons (Fsp3) is 0.174. The number of nitriles is 1. The van der Waals surface area contributed by atoms with E-state index in [-0.39, 0.29) is 21.8 Å². The highest BCUT2D eigenvalue weighted by molar-refractivity contribution is 5.77. The van der Waals surface area contributed by atoms with E-state index in [0.717, 1.165) is 33.7 Å². The first-order valence-electron chi connectivity index (χ1n) is 8.36. The first-order chi connectivity index (χ1) is 13.1. The smallest absolute Gasteiger partial charge is 0.229 e. The minimum absolute atomic E-state index is 0. The van der Waals surface area contributed by atoms with Crippen LogP contribution in [0.5, 0.6) is 0 Å². The van der Waals surface area contributed by atoms with Crippen LogP contribution in [0, 0.1) is 30.6 Å². The quantitative estimate of drug-likeness (QED) is 0.512. The Balaban J connectivity index is 0.00000225. The molecule has 0 saturated carbocycles. The number of benzene rings is 2. The average molecular weight is 405 g/mol. The van der Waals surface area contributed by atoms with Gasteiger partial charge in [-0.25, -0.2) is 9.67 Å². The molecule has 0 bridgehead atoms. The lowest BCUT2D eigenvalue weighted by Crippen LogP contribution is -2.21. The molecular weight excluding hydrogens is 376 g/mol. The number of anilines is 2. The Morgan fingerprint density at radius 1 is 1.10 bits per heavy atom. The third kappa shape index (κ3) is 4.02. The second kappa shape index (κ2) is 9.42. The molecule has 156 valence electrons. The van der Waals surface area contributed by atoms with Crippen molar-refractivity contribution in [1.82, 2.24) is 19.3 Å². The van der Waals surface area contributed by atoms with Gasteiger partial charge in [-0.1, -0.05) is 20.8 Å². The number of aryl methyl sites for hydroxylation is 2. The summed E-state index contributed by atoms with van der Waals surface area (Å²) >= 11 is 0. The normalized spacial score (nSPS) is 9.47. The van der Waals surface area contributed by atoms with Crippen molar-refractivity contribution in [2.45, 2.75) is 21.8 Å². The molecule has 4 aromatic rings. The van der Waals surface area contributed by atoms with Crippen molar-refractivity contribution in [3.63, 3.8) is 0 Å². The van der Waals surface area contributed by atoms with Crippen LogP contribution >= 0.6 is 0 Å². The summed E-state index contributed by atoms with van der Waals surface area (Å²) in [7, 11) is 1.96. The molecule has 0 atom stereocenters. The molecule has 30 heavy (non-hydrogen) atoms. The van der Waals surface area contributed by atoms with Crippen molar-refractivity contribution >= 4 is 22.8 Å². The Kier molecular flexibility index (Phi) is 7.53. The third-order valence-electron chi connectivity index (χ3n) is 4.48. The van der Waals surface area contributed by atoms with Crippen LogP contribution < -0.4 is 5.32 Å². The minimum Gasteiger partial charge on any atom is -0.412 e. The Hall–Kier alpha value is -4.07. The lowest BCUT2D eigenvalue weighted by molar-refractivity contribution is 0.642. The van der Waals surface area contributed by atoms with Crippen LogP contribution in [-0.4, -0.2) is 24.8 Å². The maximum atomic E-state index is 9.00. The summed E-state index contributed by atoms with van der Waals surface area (Å²) in [4.78, 5) is 9.04. The molecule has 0 amide bonds. The van der Waals surface area contributed by atoms with Gasteiger partial charge in [-0.3, -0.25) is 4.68 Å². The van der Waals surface area contributed by atoms with Gasteiger partial charge in [0, 0.05) is 19.7 Å². The van der Waals surface area contributed by atoms with Crippen molar-refractivity contribution < 1.29 is 6.90 Å². The molecule has 0 saturated heterocycles. The molecule has 0 aliphatic heterocycles. The van der Waals surface area contributed by atoms with Gasteiger partial charge in [-0.2, -0.15) is 10.2 Å². The van der Waals surface area contributed by atoms with Crippen molar-refractivity contribution in [3.05, 3.63) is 65.4 Å². The van der Waals surface area contributed by atoms with Gasteiger partial charge in [-0.05, 0) is 55.0 Å². The van der Waals surface area contributed by atoms with E-state index in [1.807, 2.05) is 59.7 Å². The molecule has 0 spiro atoms. The number of rotatable bonds is 3. The minimum atomic E-state index is 0. The summed E-state index contributed by atoms with van der Waals surface area (Å²) < 4.78 is 3.98. The summed E-state index contributed by atoms with van der Waals surface area (Å²) in [6.45, 7) is 1.94. The monoisotopic (exact) mass is 404 g/mol. The fourth-order valence-electron chi connectivity index (χ4n) is 3.00. The van der Waals surface area contributed by atoms with E-state index in [0.29, 0.717) is 11.5 Å². The number of hydrogen-bond donors (Lipinski definition) is 1. The van der Waals surface area contributed by atoms with Gasteiger partial charge in [0.2, 0.25) is 5.95 Å². The van der Waals surface area contributed by atoms with E-state index in [2.05, 4.69) is 27.3 Å². The highest BCUT2D eigenvalue weighted by Crippen LogP contribution is 2.24. The summed E-state index contributed by atoms with van der Waals surface area (Å²) in [6.07, 6.45) is 7.22. The van der Waals surface area contributed by atoms with Gasteiger partial charge < -0.3 is 10.8 Å². The molecule has 0 fully saturated rings. The van der Waals surface area contributed by atoms with E-state index in [1.54, 1.807) is 12.3 Å². The maximum absolute atomic E-state index is 9.00. The van der Waals surface area contributed by atoms with Crippen LogP contribution in [-0.2, 0) is 7.05 Å². The molecule has 3 N–H and O–H groups in total. The number of fused-ring (bicyclic) bond motifs is 1. The van der Waals surface area contributed by atoms with Gasteiger partial charge in [0.15, 0.2) is 5.65 Å². The Morgan fingerprint density at radius 2 is 1.77 bits per heavy atom. The summed E-state index contributed by atoms with van der Waals surface area (Å²) in [5, 5.41) is 12.2. The van der Waals surface area contributed by atoms with Crippen LogP contribution in [0.2, 0.25) is 0 Å². The van der Waals surface area contributed by atoms with Crippen LogP contribution in [0.1, 0.15) is 33.0 Å². The first kappa shape index (κ1) is 24.0. The van der Waals surface area contributed by atoms with Crippen molar-refractivity contribution in [2.75, 3.05) is 5.32 Å². The van der Waals surface area contributed by atoms with Gasteiger partial charge in [0.25, 0.3) is 0 Å². The number of nitrogens with zero attached hydrogens (tertiary/aromatic N) is 5. The second-order valence-corrected chi connectivity index (χ2v) is 6.20. The van der Waals surface area contributed by atoms with E-state index in [9.17, 15) is 0 Å². The summed E-state index contributed by atoms with van der Waals surface area (Å²) in [5.74, 6) is 3.12. The molecular formula is C23H28N6O. The van der Waals surface area contributed by atoms with Gasteiger partial charge in [0.05, 0.1) is 23.5 Å². The number of nitrogens with one attached hydrogen (secondary N) is 1. The van der Waals surface area contributed by atoms with E-state index < -0.39 is 0 Å². The SMILES string of the molecule is C.C.C#Cc1ccc(-n2c3nc(Nc4ccc(C#N)cc4C)ncc3n2C)cc1.O.[HH]. The van der Waals surface area contributed by atoms with E-state index >= 15 is 0 Å². The maximum Gasteiger partial charge on any atom is 0.229 e. The van der Waals surface area contributed by atoms with Crippen molar-refractivity contribution in [3.8, 4) is 24.1 Å².